The number of hydrogen-bond donors (Lipinski definition) is 1. The molecule has 0 bridgehead atoms. The molecule has 1 N–H and O–H groups in total. The molecular formula is C16H9Cl2N3. The van der Waals surface area contributed by atoms with Crippen LogP contribution in [0.3, 0.4) is 0 Å². The summed E-state index contributed by atoms with van der Waals surface area (Å²) in [5.74, 6) is 0.473. The summed E-state index contributed by atoms with van der Waals surface area (Å²) in [7, 11) is 0. The van der Waals surface area contributed by atoms with Crippen LogP contribution in [-0.4, -0.2) is 4.98 Å². The number of nitriles is 1. The second-order valence-corrected chi connectivity index (χ2v) is 5.28. The van der Waals surface area contributed by atoms with E-state index in [9.17, 15) is 5.26 Å². The molecule has 2 aromatic carbocycles. The number of halogens is 2. The topological polar surface area (TPSA) is 48.7 Å². The Morgan fingerprint density at radius 1 is 1.05 bits per heavy atom. The Kier molecular flexibility index (Phi) is 3.66. The molecule has 0 fully saturated rings. The number of nitrogens with one attached hydrogen (secondary N) is 1. The molecule has 0 aliphatic carbocycles. The minimum absolute atomic E-state index is 0.458. The summed E-state index contributed by atoms with van der Waals surface area (Å²) in [6.07, 6.45) is 0. The Bertz CT molecular complexity index is 869. The number of aromatic nitrogens is 1. The second kappa shape index (κ2) is 5.61. The summed E-state index contributed by atoms with van der Waals surface area (Å²) in [5, 5.41) is 14.3. The van der Waals surface area contributed by atoms with Crippen molar-refractivity contribution in [3.63, 3.8) is 0 Å². The lowest BCUT2D eigenvalue weighted by atomic mass is 10.1. The van der Waals surface area contributed by atoms with E-state index in [4.69, 9.17) is 23.2 Å². The number of fused-ring (bicyclic) bond motifs is 1. The number of benzene rings is 2. The molecule has 102 valence electrons. The lowest BCUT2D eigenvalue weighted by Crippen LogP contribution is -1.98. The lowest BCUT2D eigenvalue weighted by Gasteiger charge is -2.10. The molecule has 0 radical (unpaired) electrons. The van der Waals surface area contributed by atoms with Crippen molar-refractivity contribution in [1.29, 1.82) is 5.26 Å². The van der Waals surface area contributed by atoms with Crippen LogP contribution in [0.2, 0.25) is 10.0 Å². The van der Waals surface area contributed by atoms with Crippen LogP contribution in [0.25, 0.3) is 10.9 Å². The van der Waals surface area contributed by atoms with Crippen molar-refractivity contribution in [3.8, 4) is 6.07 Å². The second-order valence-electron chi connectivity index (χ2n) is 4.44. The highest BCUT2D eigenvalue weighted by molar-refractivity contribution is 6.36. The van der Waals surface area contributed by atoms with Crippen molar-refractivity contribution < 1.29 is 0 Å². The van der Waals surface area contributed by atoms with E-state index in [-0.39, 0.29) is 0 Å². The molecule has 0 unspecified atom stereocenters. The zero-order chi connectivity index (χ0) is 14.8. The van der Waals surface area contributed by atoms with E-state index < -0.39 is 0 Å². The lowest BCUT2D eigenvalue weighted by molar-refractivity contribution is 1.34. The summed E-state index contributed by atoms with van der Waals surface area (Å²) in [4.78, 5) is 4.48. The molecule has 3 nitrogen and oxygen atoms in total. The highest BCUT2D eigenvalue weighted by atomic mass is 35.5. The highest BCUT2D eigenvalue weighted by Gasteiger charge is 2.09. The molecule has 0 atom stereocenters. The molecule has 3 aromatic rings. The summed E-state index contributed by atoms with van der Waals surface area (Å²) < 4.78 is 0. The first-order chi connectivity index (χ1) is 10.2. The van der Waals surface area contributed by atoms with Crippen molar-refractivity contribution in [2.75, 3.05) is 5.32 Å². The van der Waals surface area contributed by atoms with Gasteiger partial charge in [-0.25, -0.2) is 4.98 Å². The van der Waals surface area contributed by atoms with Gasteiger partial charge in [0, 0.05) is 10.4 Å². The zero-order valence-electron chi connectivity index (χ0n) is 10.8. The third kappa shape index (κ3) is 2.78. The van der Waals surface area contributed by atoms with Gasteiger partial charge in [-0.1, -0.05) is 41.4 Å². The van der Waals surface area contributed by atoms with Gasteiger partial charge in [-0.2, -0.15) is 5.26 Å². The monoisotopic (exact) mass is 313 g/mol. The van der Waals surface area contributed by atoms with Gasteiger partial charge in [-0.05, 0) is 30.3 Å². The van der Waals surface area contributed by atoms with Gasteiger partial charge < -0.3 is 5.32 Å². The molecule has 0 saturated carbocycles. The maximum absolute atomic E-state index is 9.29. The number of rotatable bonds is 2. The molecule has 0 aliphatic heterocycles. The van der Waals surface area contributed by atoms with Crippen molar-refractivity contribution in [2.45, 2.75) is 0 Å². The first kappa shape index (κ1) is 13.7. The average Bonchev–Trinajstić information content (AvgIpc) is 2.49. The summed E-state index contributed by atoms with van der Waals surface area (Å²) in [6.45, 7) is 0. The third-order valence-corrected chi connectivity index (χ3v) is 3.58. The van der Waals surface area contributed by atoms with Gasteiger partial charge in [0.05, 0.1) is 21.8 Å². The minimum atomic E-state index is 0.458. The largest absolute Gasteiger partial charge is 0.338 e. The maximum Gasteiger partial charge on any atom is 0.149 e. The Labute approximate surface area is 131 Å². The minimum Gasteiger partial charge on any atom is -0.338 e. The van der Waals surface area contributed by atoms with E-state index in [1.165, 1.54) is 0 Å². The third-order valence-electron chi connectivity index (χ3n) is 3.03. The molecule has 1 heterocycles. The predicted molar refractivity (Wildman–Crippen MR) is 86.2 cm³/mol. The van der Waals surface area contributed by atoms with Gasteiger partial charge in [-0.3, -0.25) is 0 Å². The van der Waals surface area contributed by atoms with Crippen molar-refractivity contribution >= 4 is 45.6 Å². The van der Waals surface area contributed by atoms with E-state index in [1.54, 1.807) is 24.3 Å². The van der Waals surface area contributed by atoms with Crippen molar-refractivity contribution in [3.05, 3.63) is 64.1 Å². The fraction of sp³-hybridized carbons (Fsp3) is 0. The van der Waals surface area contributed by atoms with Gasteiger partial charge >= 0.3 is 0 Å². The van der Waals surface area contributed by atoms with Crippen LogP contribution in [0.1, 0.15) is 5.56 Å². The quantitative estimate of drug-likeness (QED) is 0.711. The van der Waals surface area contributed by atoms with Crippen LogP contribution < -0.4 is 5.32 Å². The SMILES string of the molecule is N#Cc1cc2ccccc2nc1Nc1ccc(Cl)cc1Cl. The normalized spacial score (nSPS) is 10.3. The van der Waals surface area contributed by atoms with Crippen LogP contribution in [0.4, 0.5) is 11.5 Å². The molecule has 3 rings (SSSR count). The van der Waals surface area contributed by atoms with E-state index >= 15 is 0 Å². The molecule has 5 heteroatoms. The molecule has 0 aliphatic rings. The number of hydrogen-bond acceptors (Lipinski definition) is 3. The van der Waals surface area contributed by atoms with Crippen LogP contribution in [-0.2, 0) is 0 Å². The van der Waals surface area contributed by atoms with E-state index in [0.29, 0.717) is 27.1 Å². The van der Waals surface area contributed by atoms with Crippen molar-refractivity contribution in [2.24, 2.45) is 0 Å². The van der Waals surface area contributed by atoms with E-state index in [0.717, 1.165) is 10.9 Å². The van der Waals surface area contributed by atoms with Gasteiger partial charge in [0.2, 0.25) is 0 Å². The first-order valence-corrected chi connectivity index (χ1v) is 6.95. The summed E-state index contributed by atoms with van der Waals surface area (Å²) in [6, 6.07) is 16.7. The Morgan fingerprint density at radius 2 is 1.86 bits per heavy atom. The van der Waals surface area contributed by atoms with Gasteiger partial charge in [0.15, 0.2) is 0 Å². The van der Waals surface area contributed by atoms with Crippen LogP contribution in [0.15, 0.2) is 48.5 Å². The predicted octanol–water partition coefficient (Wildman–Crippen LogP) is 5.16. The molecule has 0 saturated heterocycles. The van der Waals surface area contributed by atoms with Crippen LogP contribution in [0, 0.1) is 11.3 Å². The van der Waals surface area contributed by atoms with Gasteiger partial charge in [-0.15, -0.1) is 0 Å². The summed E-state index contributed by atoms with van der Waals surface area (Å²) in [5.41, 5.74) is 1.92. The van der Waals surface area contributed by atoms with Crippen LogP contribution >= 0.6 is 23.2 Å². The first-order valence-electron chi connectivity index (χ1n) is 6.19. The Balaban J connectivity index is 2.09. The fourth-order valence-electron chi connectivity index (χ4n) is 2.01. The average molecular weight is 314 g/mol. The standard InChI is InChI=1S/C16H9Cl2N3/c17-12-5-6-15(13(18)8-12)21-16-11(9-19)7-10-3-1-2-4-14(10)20-16/h1-8H,(H,20,21). The van der Waals surface area contributed by atoms with Crippen molar-refractivity contribution in [1.82, 2.24) is 4.98 Å². The smallest absolute Gasteiger partial charge is 0.149 e. The molecular weight excluding hydrogens is 305 g/mol. The zero-order valence-corrected chi connectivity index (χ0v) is 12.3. The molecule has 0 spiro atoms. The number of nitrogens with zero attached hydrogens (tertiary/aromatic N) is 2. The number of anilines is 2. The fourth-order valence-corrected chi connectivity index (χ4v) is 2.47. The Morgan fingerprint density at radius 3 is 2.62 bits per heavy atom. The Hall–Kier alpha value is -2.28. The summed E-state index contributed by atoms with van der Waals surface area (Å²) >= 11 is 12.0. The molecule has 21 heavy (non-hydrogen) atoms. The van der Waals surface area contributed by atoms with Crippen LogP contribution in [0.5, 0.6) is 0 Å². The van der Waals surface area contributed by atoms with E-state index in [2.05, 4.69) is 16.4 Å². The molecule has 1 aromatic heterocycles. The van der Waals surface area contributed by atoms with Gasteiger partial charge in [0.25, 0.3) is 0 Å². The highest BCUT2D eigenvalue weighted by Crippen LogP contribution is 2.29. The van der Waals surface area contributed by atoms with Gasteiger partial charge in [0.1, 0.15) is 11.9 Å². The number of pyridine rings is 1. The molecule has 0 amide bonds. The van der Waals surface area contributed by atoms with E-state index in [1.807, 2.05) is 24.3 Å². The maximum atomic E-state index is 9.29. The number of para-hydroxylation sites is 1.